The van der Waals surface area contributed by atoms with Crippen LogP contribution in [0.4, 0.5) is 11.4 Å². The molecule has 5 fully saturated rings. The summed E-state index contributed by atoms with van der Waals surface area (Å²) in [4.78, 5) is 9.98. The average Bonchev–Trinajstić information content (AvgIpc) is 3.16. The molecule has 0 spiro atoms. The lowest BCUT2D eigenvalue weighted by molar-refractivity contribution is 0.00578. The highest BCUT2D eigenvalue weighted by Gasteiger charge is 2.51. The Balaban J connectivity index is 0.000000162. The first-order chi connectivity index (χ1) is 20.2. The Hall–Kier alpha value is -1.66. The molecule has 0 radical (unpaired) electrons. The van der Waals surface area contributed by atoms with E-state index in [2.05, 4.69) is 112 Å². The van der Waals surface area contributed by atoms with Gasteiger partial charge in [-0.1, -0.05) is 28.1 Å². The second-order valence-corrected chi connectivity index (χ2v) is 14.0. The van der Waals surface area contributed by atoms with Gasteiger partial charge in [0.05, 0.1) is 37.6 Å². The van der Waals surface area contributed by atoms with Crippen LogP contribution in [0, 0.1) is 0 Å². The second-order valence-electron chi connectivity index (χ2n) is 13.1. The van der Waals surface area contributed by atoms with Gasteiger partial charge in [-0.05, 0) is 69.6 Å². The molecule has 0 N–H and O–H groups in total. The normalized spacial score (nSPS) is 25.0. The molecule has 0 amide bonds. The van der Waals surface area contributed by atoms with Crippen LogP contribution in [0.25, 0.3) is 0 Å². The van der Waals surface area contributed by atoms with Crippen molar-refractivity contribution in [3.8, 4) is 0 Å². The molecule has 0 aromatic heterocycles. The van der Waals surface area contributed by atoms with Gasteiger partial charge in [0.1, 0.15) is 0 Å². The number of benzene rings is 2. The minimum atomic E-state index is -0.292. The standard InChI is InChI=1S/C19H29BN2O3.C13H17BrN2O/c1-18(2)19(3,4)25-20(24-18)15-5-7-16(8-6-15)22-13-17(14-22)21-9-11-23-12-10-21;14-11-1-3-12(4-2-11)16-9-13(10-16)15-5-7-17-8-6-15/h5-8,17H,9-14H2,1-4H3;1-4,13H,5-10H2. The molecular formula is C32H46BBrN4O4. The molecule has 5 heterocycles. The van der Waals surface area contributed by atoms with E-state index in [0.717, 1.165) is 94.8 Å². The van der Waals surface area contributed by atoms with Gasteiger partial charge in [-0.3, -0.25) is 9.80 Å². The molecule has 2 aromatic carbocycles. The maximum Gasteiger partial charge on any atom is 0.494 e. The van der Waals surface area contributed by atoms with E-state index in [4.69, 9.17) is 18.8 Å². The van der Waals surface area contributed by atoms with E-state index >= 15 is 0 Å². The number of ether oxygens (including phenoxy) is 2. The van der Waals surface area contributed by atoms with Crippen molar-refractivity contribution in [2.24, 2.45) is 0 Å². The van der Waals surface area contributed by atoms with Gasteiger partial charge in [0.15, 0.2) is 0 Å². The lowest BCUT2D eigenvalue weighted by Crippen LogP contribution is -2.61. The monoisotopic (exact) mass is 640 g/mol. The molecule has 0 aliphatic carbocycles. The van der Waals surface area contributed by atoms with Gasteiger partial charge in [-0.2, -0.15) is 0 Å². The minimum Gasteiger partial charge on any atom is -0.399 e. The Bertz CT molecular complexity index is 1140. The Morgan fingerprint density at radius 1 is 0.619 bits per heavy atom. The number of anilines is 2. The zero-order chi connectivity index (χ0) is 29.3. The van der Waals surface area contributed by atoms with E-state index < -0.39 is 0 Å². The van der Waals surface area contributed by atoms with Gasteiger partial charge in [-0.25, -0.2) is 0 Å². The first-order valence-electron chi connectivity index (χ1n) is 15.5. The molecule has 2 aromatic rings. The van der Waals surface area contributed by atoms with Crippen LogP contribution in [0.3, 0.4) is 0 Å². The van der Waals surface area contributed by atoms with Crippen molar-refractivity contribution in [2.75, 3.05) is 88.6 Å². The molecule has 42 heavy (non-hydrogen) atoms. The molecular weight excluding hydrogens is 595 g/mol. The Labute approximate surface area is 260 Å². The maximum atomic E-state index is 6.13. The van der Waals surface area contributed by atoms with E-state index in [1.54, 1.807) is 0 Å². The van der Waals surface area contributed by atoms with Crippen LogP contribution in [-0.2, 0) is 18.8 Å². The molecule has 5 aliphatic heterocycles. The van der Waals surface area contributed by atoms with E-state index in [9.17, 15) is 0 Å². The van der Waals surface area contributed by atoms with Crippen molar-refractivity contribution >= 4 is 39.9 Å². The van der Waals surface area contributed by atoms with Crippen LogP contribution in [0.1, 0.15) is 27.7 Å². The van der Waals surface area contributed by atoms with Crippen molar-refractivity contribution in [3.63, 3.8) is 0 Å². The fraction of sp³-hybridized carbons (Fsp3) is 0.625. The first kappa shape index (κ1) is 30.4. The molecule has 0 unspecified atom stereocenters. The molecule has 0 bridgehead atoms. The van der Waals surface area contributed by atoms with Crippen LogP contribution in [0.2, 0.25) is 0 Å². The van der Waals surface area contributed by atoms with Crippen LogP contribution in [0.15, 0.2) is 53.0 Å². The predicted molar refractivity (Wildman–Crippen MR) is 173 cm³/mol. The summed E-state index contributed by atoms with van der Waals surface area (Å²) in [6.07, 6.45) is 0. The summed E-state index contributed by atoms with van der Waals surface area (Å²) in [5, 5.41) is 0. The summed E-state index contributed by atoms with van der Waals surface area (Å²) in [7, 11) is -0.281. The smallest absolute Gasteiger partial charge is 0.399 e. The zero-order valence-electron chi connectivity index (χ0n) is 25.6. The van der Waals surface area contributed by atoms with Crippen LogP contribution < -0.4 is 15.3 Å². The third-order valence-corrected chi connectivity index (χ3v) is 10.4. The Kier molecular flexibility index (Phi) is 9.22. The number of hydrogen-bond acceptors (Lipinski definition) is 8. The summed E-state index contributed by atoms with van der Waals surface area (Å²) >= 11 is 3.47. The maximum absolute atomic E-state index is 6.13. The number of rotatable bonds is 5. The summed E-state index contributed by atoms with van der Waals surface area (Å²) < 4.78 is 24.2. The third-order valence-electron chi connectivity index (χ3n) is 9.82. The molecule has 0 saturated carbocycles. The van der Waals surface area contributed by atoms with Gasteiger partial charge >= 0.3 is 7.12 Å². The highest BCUT2D eigenvalue weighted by molar-refractivity contribution is 9.10. The largest absolute Gasteiger partial charge is 0.494 e. The Morgan fingerprint density at radius 2 is 1.00 bits per heavy atom. The highest BCUT2D eigenvalue weighted by Crippen LogP contribution is 2.36. The van der Waals surface area contributed by atoms with E-state index in [1.165, 1.54) is 11.4 Å². The number of halogens is 1. The summed E-state index contributed by atoms with van der Waals surface area (Å²) in [5.74, 6) is 0. The van der Waals surface area contributed by atoms with Crippen molar-refractivity contribution in [3.05, 3.63) is 53.0 Å². The van der Waals surface area contributed by atoms with Gasteiger partial charge in [0, 0.05) is 80.3 Å². The van der Waals surface area contributed by atoms with Gasteiger partial charge in [0.2, 0.25) is 0 Å². The molecule has 8 nitrogen and oxygen atoms in total. The van der Waals surface area contributed by atoms with Gasteiger partial charge in [0.25, 0.3) is 0 Å². The SMILES string of the molecule is Brc1ccc(N2CC(N3CCOCC3)C2)cc1.CC1(C)OB(c2ccc(N3CC(N4CCOCC4)C3)cc2)OC1(C)C. The second kappa shape index (κ2) is 12.8. The zero-order valence-corrected chi connectivity index (χ0v) is 27.2. The number of hydrogen-bond donors (Lipinski definition) is 0. The number of nitrogens with zero attached hydrogens (tertiary/aromatic N) is 4. The molecule has 7 rings (SSSR count). The average molecular weight is 641 g/mol. The molecule has 10 heteroatoms. The fourth-order valence-electron chi connectivity index (χ4n) is 6.15. The summed E-state index contributed by atoms with van der Waals surface area (Å²) in [6, 6.07) is 18.6. The quantitative estimate of drug-likeness (QED) is 0.461. The number of morpholine rings is 2. The molecule has 0 atom stereocenters. The van der Waals surface area contributed by atoms with Crippen LogP contribution in [-0.4, -0.2) is 119 Å². The summed E-state index contributed by atoms with van der Waals surface area (Å²) in [5.41, 5.74) is 3.12. The highest BCUT2D eigenvalue weighted by atomic mass is 79.9. The van der Waals surface area contributed by atoms with Crippen molar-refractivity contribution in [1.29, 1.82) is 0 Å². The van der Waals surface area contributed by atoms with Crippen LogP contribution in [0.5, 0.6) is 0 Å². The molecule has 228 valence electrons. The minimum absolute atomic E-state index is 0.281. The van der Waals surface area contributed by atoms with Crippen LogP contribution >= 0.6 is 15.9 Å². The van der Waals surface area contributed by atoms with Crippen molar-refractivity contribution in [1.82, 2.24) is 9.80 Å². The van der Waals surface area contributed by atoms with Crippen molar-refractivity contribution in [2.45, 2.75) is 51.0 Å². The first-order valence-corrected chi connectivity index (χ1v) is 16.3. The predicted octanol–water partition coefficient (Wildman–Crippen LogP) is 3.48. The van der Waals surface area contributed by atoms with E-state index in [0.29, 0.717) is 6.04 Å². The lowest BCUT2D eigenvalue weighted by Gasteiger charge is -2.47. The van der Waals surface area contributed by atoms with Crippen molar-refractivity contribution < 1.29 is 18.8 Å². The van der Waals surface area contributed by atoms with Gasteiger partial charge in [-0.15, -0.1) is 0 Å². The topological polar surface area (TPSA) is 49.9 Å². The fourth-order valence-corrected chi connectivity index (χ4v) is 6.42. The lowest BCUT2D eigenvalue weighted by atomic mass is 9.79. The Morgan fingerprint density at radius 3 is 1.40 bits per heavy atom. The van der Waals surface area contributed by atoms with E-state index in [-0.39, 0.29) is 18.3 Å². The van der Waals surface area contributed by atoms with E-state index in [1.807, 2.05) is 0 Å². The molecule has 5 saturated heterocycles. The summed E-state index contributed by atoms with van der Waals surface area (Å²) in [6.45, 7) is 20.8. The molecule has 5 aliphatic rings. The van der Waals surface area contributed by atoms with Gasteiger partial charge < -0.3 is 28.6 Å². The third kappa shape index (κ3) is 6.70.